The molecule has 0 aliphatic heterocycles. The van der Waals surface area contributed by atoms with E-state index in [4.69, 9.17) is 0 Å². The Bertz CT molecular complexity index is 316. The number of rotatable bonds is 4. The molecule has 0 saturated heterocycles. The van der Waals surface area contributed by atoms with Crippen molar-refractivity contribution in [3.05, 3.63) is 24.0 Å². The van der Waals surface area contributed by atoms with Gasteiger partial charge >= 0.3 is 0 Å². The largest absolute Gasteiger partial charge is 0.380 e. The van der Waals surface area contributed by atoms with Gasteiger partial charge < -0.3 is 5.32 Å². The van der Waals surface area contributed by atoms with Gasteiger partial charge in [0.15, 0.2) is 0 Å². The van der Waals surface area contributed by atoms with Crippen molar-refractivity contribution >= 4 is 5.69 Å². The van der Waals surface area contributed by atoms with Crippen LogP contribution in [0.2, 0.25) is 0 Å². The van der Waals surface area contributed by atoms with Crippen LogP contribution in [0.4, 0.5) is 5.69 Å². The van der Waals surface area contributed by atoms with Gasteiger partial charge in [0.05, 0.1) is 0 Å². The lowest BCUT2D eigenvalue weighted by atomic mass is 10.1. The molecule has 2 heteroatoms. The van der Waals surface area contributed by atoms with Crippen LogP contribution in [0.15, 0.2) is 18.3 Å². The van der Waals surface area contributed by atoms with E-state index in [0.717, 1.165) is 5.69 Å². The van der Waals surface area contributed by atoms with Gasteiger partial charge in [0.1, 0.15) is 0 Å². The first-order valence-electron chi connectivity index (χ1n) is 5.45. The molecule has 0 spiro atoms. The highest BCUT2D eigenvalue weighted by Crippen LogP contribution is 2.42. The molecule has 1 saturated carbocycles. The van der Waals surface area contributed by atoms with E-state index in [0.29, 0.717) is 5.54 Å². The van der Waals surface area contributed by atoms with Crippen LogP contribution in [0.5, 0.6) is 0 Å². The number of nitrogens with one attached hydrogen (secondary N) is 1. The summed E-state index contributed by atoms with van der Waals surface area (Å²) >= 11 is 0. The number of aromatic nitrogens is 1. The molecule has 0 atom stereocenters. The Morgan fingerprint density at radius 3 is 2.86 bits per heavy atom. The number of pyridine rings is 1. The highest BCUT2D eigenvalue weighted by molar-refractivity contribution is 5.47. The molecule has 14 heavy (non-hydrogen) atoms. The van der Waals surface area contributed by atoms with Gasteiger partial charge in [-0.2, -0.15) is 0 Å². The fourth-order valence-corrected chi connectivity index (χ4v) is 2.00. The molecule has 2 nitrogen and oxygen atoms in total. The van der Waals surface area contributed by atoms with Crippen molar-refractivity contribution in [2.24, 2.45) is 0 Å². The van der Waals surface area contributed by atoms with E-state index in [1.165, 1.54) is 31.4 Å². The maximum absolute atomic E-state index is 4.20. The summed E-state index contributed by atoms with van der Waals surface area (Å²) in [6.07, 6.45) is 7.07. The first-order valence-corrected chi connectivity index (χ1v) is 5.45. The van der Waals surface area contributed by atoms with Crippen molar-refractivity contribution in [2.75, 3.05) is 5.32 Å². The van der Waals surface area contributed by atoms with Gasteiger partial charge in [0, 0.05) is 23.1 Å². The van der Waals surface area contributed by atoms with E-state index in [-0.39, 0.29) is 0 Å². The molecule has 1 aliphatic carbocycles. The van der Waals surface area contributed by atoms with Crippen molar-refractivity contribution in [2.45, 2.75) is 45.1 Å². The van der Waals surface area contributed by atoms with Crippen LogP contribution in [0, 0.1) is 6.92 Å². The smallest absolute Gasteiger partial charge is 0.0393 e. The molecule has 0 aromatic carbocycles. The van der Waals surface area contributed by atoms with Gasteiger partial charge in [-0.05, 0) is 38.3 Å². The quantitative estimate of drug-likeness (QED) is 0.789. The topological polar surface area (TPSA) is 24.9 Å². The number of nitrogens with zero attached hydrogens (tertiary/aromatic N) is 1. The first-order chi connectivity index (χ1) is 6.74. The molecular formula is C12H18N2. The second-order valence-electron chi connectivity index (χ2n) is 4.34. The van der Waals surface area contributed by atoms with Crippen LogP contribution in [0.3, 0.4) is 0 Å². The maximum atomic E-state index is 4.20. The minimum atomic E-state index is 0.419. The SMILES string of the molecule is CCCC1(Nc2ccnc(C)c2)CC1. The fraction of sp³-hybridized carbons (Fsp3) is 0.583. The summed E-state index contributed by atoms with van der Waals surface area (Å²) in [6.45, 7) is 4.28. The summed E-state index contributed by atoms with van der Waals surface area (Å²) in [7, 11) is 0. The van der Waals surface area contributed by atoms with Crippen molar-refractivity contribution in [3.8, 4) is 0 Å². The molecule has 1 heterocycles. The molecule has 0 bridgehead atoms. The number of aryl methyl sites for hydroxylation is 1. The second-order valence-corrected chi connectivity index (χ2v) is 4.34. The molecule has 1 aliphatic rings. The summed E-state index contributed by atoms with van der Waals surface area (Å²) in [4.78, 5) is 4.20. The molecule has 76 valence electrons. The van der Waals surface area contributed by atoms with Crippen LogP contribution < -0.4 is 5.32 Å². The van der Waals surface area contributed by atoms with E-state index in [9.17, 15) is 0 Å². The molecular weight excluding hydrogens is 172 g/mol. The molecule has 1 N–H and O–H groups in total. The summed E-state index contributed by atoms with van der Waals surface area (Å²) < 4.78 is 0. The predicted molar refractivity (Wildman–Crippen MR) is 59.5 cm³/mol. The van der Waals surface area contributed by atoms with Crippen LogP contribution in [0.1, 0.15) is 38.3 Å². The van der Waals surface area contributed by atoms with Gasteiger partial charge in [-0.25, -0.2) is 0 Å². The van der Waals surface area contributed by atoms with Crippen LogP contribution in [-0.2, 0) is 0 Å². The zero-order valence-electron chi connectivity index (χ0n) is 9.01. The lowest BCUT2D eigenvalue weighted by Crippen LogP contribution is -2.20. The van der Waals surface area contributed by atoms with Crippen molar-refractivity contribution in [3.63, 3.8) is 0 Å². The van der Waals surface area contributed by atoms with E-state index in [2.05, 4.69) is 29.4 Å². The summed E-state index contributed by atoms with van der Waals surface area (Å²) in [5.74, 6) is 0. The van der Waals surface area contributed by atoms with Gasteiger partial charge in [0.2, 0.25) is 0 Å². The highest BCUT2D eigenvalue weighted by atomic mass is 15.0. The van der Waals surface area contributed by atoms with Gasteiger partial charge in [-0.15, -0.1) is 0 Å². The standard InChI is InChI=1S/C12H18N2/c1-3-5-12(6-7-12)14-11-4-8-13-10(2)9-11/h4,8-9H,3,5-7H2,1-2H3,(H,13,14). The van der Waals surface area contributed by atoms with Crippen LogP contribution in [-0.4, -0.2) is 10.5 Å². The molecule has 1 aromatic rings. The predicted octanol–water partition coefficient (Wildman–Crippen LogP) is 3.13. The third-order valence-electron chi connectivity index (χ3n) is 2.89. The zero-order valence-corrected chi connectivity index (χ0v) is 9.01. The molecule has 2 rings (SSSR count). The van der Waals surface area contributed by atoms with Crippen LogP contribution >= 0.6 is 0 Å². The Morgan fingerprint density at radius 1 is 1.50 bits per heavy atom. The lowest BCUT2D eigenvalue weighted by Gasteiger charge is -2.17. The van der Waals surface area contributed by atoms with E-state index >= 15 is 0 Å². The lowest BCUT2D eigenvalue weighted by molar-refractivity contribution is 0.639. The minimum absolute atomic E-state index is 0.419. The summed E-state index contributed by atoms with van der Waals surface area (Å²) in [5, 5.41) is 3.63. The zero-order chi connectivity index (χ0) is 10.0. The number of hydrogen-bond donors (Lipinski definition) is 1. The van der Waals surface area contributed by atoms with Crippen molar-refractivity contribution < 1.29 is 0 Å². The first kappa shape index (κ1) is 9.50. The average Bonchev–Trinajstić information content (AvgIpc) is 2.85. The second kappa shape index (κ2) is 3.60. The maximum Gasteiger partial charge on any atom is 0.0393 e. The average molecular weight is 190 g/mol. The third-order valence-corrected chi connectivity index (χ3v) is 2.89. The Kier molecular flexibility index (Phi) is 2.44. The van der Waals surface area contributed by atoms with E-state index < -0.39 is 0 Å². The Hall–Kier alpha value is -1.05. The fourth-order valence-electron chi connectivity index (χ4n) is 2.00. The van der Waals surface area contributed by atoms with Crippen molar-refractivity contribution in [1.29, 1.82) is 0 Å². The molecule has 0 unspecified atom stereocenters. The molecule has 0 amide bonds. The third kappa shape index (κ3) is 2.06. The number of hydrogen-bond acceptors (Lipinski definition) is 2. The van der Waals surface area contributed by atoms with E-state index in [1.807, 2.05) is 13.1 Å². The van der Waals surface area contributed by atoms with Gasteiger partial charge in [-0.3, -0.25) is 4.98 Å². The van der Waals surface area contributed by atoms with Crippen LogP contribution in [0.25, 0.3) is 0 Å². The highest BCUT2D eigenvalue weighted by Gasteiger charge is 2.41. The molecule has 0 radical (unpaired) electrons. The number of anilines is 1. The minimum Gasteiger partial charge on any atom is -0.380 e. The molecule has 1 fully saturated rings. The van der Waals surface area contributed by atoms with Gasteiger partial charge in [0.25, 0.3) is 0 Å². The molecule has 1 aromatic heterocycles. The normalized spacial score (nSPS) is 17.9. The Morgan fingerprint density at radius 2 is 2.29 bits per heavy atom. The van der Waals surface area contributed by atoms with Crippen molar-refractivity contribution in [1.82, 2.24) is 4.98 Å². The Labute approximate surface area is 85.7 Å². The summed E-state index contributed by atoms with van der Waals surface area (Å²) in [6, 6.07) is 4.18. The Balaban J connectivity index is 2.03. The van der Waals surface area contributed by atoms with E-state index in [1.54, 1.807) is 0 Å². The van der Waals surface area contributed by atoms with Gasteiger partial charge in [-0.1, -0.05) is 13.3 Å². The monoisotopic (exact) mass is 190 g/mol. The summed E-state index contributed by atoms with van der Waals surface area (Å²) in [5.41, 5.74) is 2.73.